The largest absolute Gasteiger partial charge is 0.356 e. The van der Waals surface area contributed by atoms with Crippen molar-refractivity contribution in [3.63, 3.8) is 0 Å². The molecule has 8 heterocycles. The number of carbonyl (C=O) groups is 4. The molecule has 4 N–H and O–H groups in total. The highest BCUT2D eigenvalue weighted by Crippen LogP contribution is 2.36. The van der Waals surface area contributed by atoms with Crippen molar-refractivity contribution in [2.45, 2.75) is 63.5 Å². The van der Waals surface area contributed by atoms with Crippen molar-refractivity contribution in [1.29, 1.82) is 0 Å². The van der Waals surface area contributed by atoms with Crippen LogP contribution in [0.2, 0.25) is 0 Å². The summed E-state index contributed by atoms with van der Waals surface area (Å²) >= 11 is 1.79. The van der Waals surface area contributed by atoms with Crippen LogP contribution in [0, 0.1) is 11.8 Å². The van der Waals surface area contributed by atoms with E-state index in [9.17, 15) is 19.2 Å². The second-order valence-electron chi connectivity index (χ2n) is 15.5. The minimum atomic E-state index is -0.402. The zero-order valence-corrected chi connectivity index (χ0v) is 33.6. The van der Waals surface area contributed by atoms with Crippen LogP contribution in [0.25, 0.3) is 12.2 Å². The quantitative estimate of drug-likeness (QED) is 0.271. The van der Waals surface area contributed by atoms with Crippen LogP contribution >= 0.6 is 23.5 Å². The summed E-state index contributed by atoms with van der Waals surface area (Å²) in [4.78, 5) is 78.7. The van der Waals surface area contributed by atoms with Crippen LogP contribution in [-0.2, 0) is 9.59 Å². The van der Waals surface area contributed by atoms with E-state index in [0.717, 1.165) is 139 Å². The fourth-order valence-electron chi connectivity index (χ4n) is 8.64. The number of hydrogen-bond acceptors (Lipinski definition) is 16. The van der Waals surface area contributed by atoms with Crippen molar-refractivity contribution in [3.8, 4) is 0 Å². The van der Waals surface area contributed by atoms with Crippen LogP contribution in [0.3, 0.4) is 0 Å². The number of rotatable bonds is 9. The lowest BCUT2D eigenvalue weighted by Gasteiger charge is -2.42. The van der Waals surface area contributed by atoms with Crippen molar-refractivity contribution in [1.82, 2.24) is 41.2 Å². The number of nitrogens with zero attached hydrogens (tertiary/aromatic N) is 8. The van der Waals surface area contributed by atoms with Gasteiger partial charge in [-0.1, -0.05) is 0 Å². The van der Waals surface area contributed by atoms with Gasteiger partial charge in [0.1, 0.15) is 11.6 Å². The highest BCUT2D eigenvalue weighted by molar-refractivity contribution is 8.18. The minimum absolute atomic E-state index is 0.251. The Labute approximate surface area is 335 Å². The molecule has 298 valence electrons. The Hall–Kier alpha value is -4.26. The Kier molecular flexibility index (Phi) is 11.8. The monoisotopic (exact) mass is 802 g/mol. The number of thioether (sulfide) groups is 2. The number of piperidine rings is 4. The molecule has 4 atom stereocenters. The lowest BCUT2D eigenvalue weighted by molar-refractivity contribution is -0.116. The second-order valence-corrected chi connectivity index (χ2v) is 17.6. The SMILES string of the molecule is CN(c1cc(/C=C2\SC(=O)NC2=O)nc(N2CCCC(C3CCCN(c4cc(/C=C5\SC(=O)NC5=O)nc(N(C)C5CCCNC5)n4)C3)C2)n1)C1CCCNC1. The van der Waals surface area contributed by atoms with Gasteiger partial charge in [-0.3, -0.25) is 29.8 Å². The van der Waals surface area contributed by atoms with Gasteiger partial charge in [-0.05, 0) is 112 Å². The number of carbonyl (C=O) groups excluding carboxylic acids is 4. The fraction of sp³-hybridized carbons (Fsp3) is 0.579. The number of likely N-dealkylation sites (N-methyl/N-ethyl adjacent to an activating group) is 2. The molecule has 18 heteroatoms. The van der Waals surface area contributed by atoms with Gasteiger partial charge in [-0.25, -0.2) is 9.97 Å². The summed E-state index contributed by atoms with van der Waals surface area (Å²) in [6.45, 7) is 7.08. The lowest BCUT2D eigenvalue weighted by Crippen LogP contribution is -2.46. The highest BCUT2D eigenvalue weighted by Gasteiger charge is 2.34. The zero-order chi connectivity index (χ0) is 38.8. The van der Waals surface area contributed by atoms with Crippen LogP contribution in [0.4, 0.5) is 33.1 Å². The summed E-state index contributed by atoms with van der Waals surface area (Å²) in [5.41, 5.74) is 1.21. The van der Waals surface area contributed by atoms with E-state index < -0.39 is 11.8 Å². The van der Waals surface area contributed by atoms with Crippen molar-refractivity contribution >= 4 is 81.5 Å². The lowest BCUT2D eigenvalue weighted by atomic mass is 9.80. The maximum absolute atomic E-state index is 12.5. The van der Waals surface area contributed by atoms with Crippen molar-refractivity contribution in [3.05, 3.63) is 33.3 Å². The molecule has 6 saturated heterocycles. The molecule has 4 amide bonds. The molecule has 0 saturated carbocycles. The Morgan fingerprint density at radius 2 is 1.25 bits per heavy atom. The van der Waals surface area contributed by atoms with E-state index in [-0.39, 0.29) is 22.6 Å². The molecule has 6 fully saturated rings. The first-order chi connectivity index (χ1) is 27.2. The molecule has 16 nitrogen and oxygen atoms in total. The van der Waals surface area contributed by atoms with E-state index in [2.05, 4.69) is 47.9 Å². The molecule has 6 aliphatic rings. The number of nitrogens with one attached hydrogen (secondary N) is 4. The van der Waals surface area contributed by atoms with Gasteiger partial charge in [0.15, 0.2) is 0 Å². The molecule has 4 unspecified atom stereocenters. The van der Waals surface area contributed by atoms with Gasteiger partial charge >= 0.3 is 0 Å². The third-order valence-electron chi connectivity index (χ3n) is 11.8. The number of amides is 4. The van der Waals surface area contributed by atoms with Gasteiger partial charge in [-0.2, -0.15) is 9.97 Å². The topological polar surface area (TPSA) is 181 Å². The van der Waals surface area contributed by atoms with E-state index in [1.165, 1.54) is 0 Å². The van der Waals surface area contributed by atoms with E-state index in [1.54, 1.807) is 12.2 Å². The number of hydrogen-bond donors (Lipinski definition) is 4. The Balaban J connectivity index is 1.04. The Morgan fingerprint density at radius 1 is 0.679 bits per heavy atom. The normalized spacial score (nSPS) is 27.5. The first-order valence-electron chi connectivity index (χ1n) is 19.8. The first kappa shape index (κ1) is 38.6. The van der Waals surface area contributed by atoms with Crippen molar-refractivity contribution in [2.75, 3.05) is 86.1 Å². The van der Waals surface area contributed by atoms with Gasteiger partial charge in [0.2, 0.25) is 11.9 Å². The molecule has 0 aromatic carbocycles. The van der Waals surface area contributed by atoms with Crippen molar-refractivity contribution in [2.24, 2.45) is 11.8 Å². The number of imide groups is 2. The van der Waals surface area contributed by atoms with Gasteiger partial charge < -0.3 is 30.2 Å². The van der Waals surface area contributed by atoms with Crippen LogP contribution in [0.1, 0.15) is 62.8 Å². The molecule has 2 aromatic rings. The number of aromatic nitrogens is 4. The van der Waals surface area contributed by atoms with E-state index in [1.807, 2.05) is 19.2 Å². The summed E-state index contributed by atoms with van der Waals surface area (Å²) in [7, 11) is 4.11. The predicted molar refractivity (Wildman–Crippen MR) is 221 cm³/mol. The summed E-state index contributed by atoms with van der Waals surface area (Å²) in [5, 5.41) is 10.9. The molecular formula is C38H50N12O4S2. The van der Waals surface area contributed by atoms with Gasteiger partial charge in [-0.15, -0.1) is 0 Å². The van der Waals surface area contributed by atoms with Gasteiger partial charge in [0.25, 0.3) is 22.3 Å². The molecule has 56 heavy (non-hydrogen) atoms. The fourth-order valence-corrected chi connectivity index (χ4v) is 9.97. The number of anilines is 4. The second kappa shape index (κ2) is 17.1. The highest BCUT2D eigenvalue weighted by atomic mass is 32.2. The summed E-state index contributed by atoms with van der Waals surface area (Å²) in [6, 6.07) is 4.40. The summed E-state index contributed by atoms with van der Waals surface area (Å²) in [5.74, 6) is 2.88. The predicted octanol–water partition coefficient (Wildman–Crippen LogP) is 3.42. The standard InChI is InChI=1S/C38H50N12O4S2/c1-47(27-9-3-11-39-19-27)31-17-25(15-29-33(51)45-37(53)55-29)42-36(43-31)50-14-6-8-24(22-50)23-7-5-13-49(21-23)32-18-26(16-30-34(52)46-38(54)56-30)41-35(44-32)48(2)28-10-4-12-40-20-28/h15-18,23-24,27-28,39-40H,3-14,19-22H2,1-2H3,(H,45,51,53)(H,46,52,54)/b29-15-,30-16-. The molecule has 6 aliphatic heterocycles. The summed E-state index contributed by atoms with van der Waals surface area (Å²) < 4.78 is 0. The van der Waals surface area contributed by atoms with E-state index in [4.69, 9.17) is 19.9 Å². The van der Waals surface area contributed by atoms with E-state index >= 15 is 0 Å². The summed E-state index contributed by atoms with van der Waals surface area (Å²) in [6.07, 6.45) is 11.9. The molecular weight excluding hydrogens is 753 g/mol. The Bertz CT molecular complexity index is 1780. The third kappa shape index (κ3) is 8.82. The third-order valence-corrected chi connectivity index (χ3v) is 13.4. The minimum Gasteiger partial charge on any atom is -0.356 e. The van der Waals surface area contributed by atoms with E-state index in [0.29, 0.717) is 44.9 Å². The average Bonchev–Trinajstić information content (AvgIpc) is 3.73. The Morgan fingerprint density at radius 3 is 1.82 bits per heavy atom. The first-order valence-corrected chi connectivity index (χ1v) is 21.4. The molecule has 0 aliphatic carbocycles. The van der Waals surface area contributed by atoms with Gasteiger partial charge in [0.05, 0.1) is 21.2 Å². The molecule has 8 rings (SSSR count). The molecule has 0 spiro atoms. The average molecular weight is 803 g/mol. The molecule has 0 radical (unpaired) electrons. The smallest absolute Gasteiger partial charge is 0.290 e. The maximum Gasteiger partial charge on any atom is 0.290 e. The zero-order valence-electron chi connectivity index (χ0n) is 32.0. The molecule has 0 bridgehead atoms. The van der Waals surface area contributed by atoms with Crippen LogP contribution in [0.15, 0.2) is 21.9 Å². The maximum atomic E-state index is 12.5. The van der Waals surface area contributed by atoms with Gasteiger partial charge in [0, 0.05) is 77.6 Å². The molecule has 2 aromatic heterocycles. The van der Waals surface area contributed by atoms with Crippen LogP contribution in [0.5, 0.6) is 0 Å². The van der Waals surface area contributed by atoms with Crippen molar-refractivity contribution < 1.29 is 19.2 Å². The van der Waals surface area contributed by atoms with Crippen LogP contribution in [-0.4, -0.2) is 121 Å². The van der Waals surface area contributed by atoms with Crippen LogP contribution < -0.4 is 40.9 Å².